The first kappa shape index (κ1) is 14.8. The highest BCUT2D eigenvalue weighted by atomic mass is 16.5. The van der Waals surface area contributed by atoms with Crippen LogP contribution in [0.3, 0.4) is 0 Å². The number of aliphatic carboxylic acids is 1. The number of rotatable bonds is 4. The average Bonchev–Trinajstić information content (AvgIpc) is 3.02. The molecule has 0 aromatic heterocycles. The molecule has 1 aromatic rings. The summed E-state index contributed by atoms with van der Waals surface area (Å²) in [5.41, 5.74) is 0.313. The number of carbonyl (C=O) groups is 2. The van der Waals surface area contributed by atoms with Gasteiger partial charge in [-0.2, -0.15) is 0 Å². The van der Waals surface area contributed by atoms with Gasteiger partial charge in [0.25, 0.3) is 0 Å². The predicted octanol–water partition coefficient (Wildman–Crippen LogP) is 1.48. The number of carboxylic acids is 1. The molecule has 2 aliphatic heterocycles. The van der Waals surface area contributed by atoms with Crippen LogP contribution in [0.4, 0.5) is 0 Å². The van der Waals surface area contributed by atoms with Crippen molar-refractivity contribution >= 4 is 11.9 Å². The van der Waals surface area contributed by atoms with Gasteiger partial charge in [-0.3, -0.25) is 9.69 Å². The molecule has 6 heteroatoms. The van der Waals surface area contributed by atoms with E-state index in [2.05, 4.69) is 4.90 Å². The van der Waals surface area contributed by atoms with Gasteiger partial charge in [0.1, 0.15) is 17.8 Å². The van der Waals surface area contributed by atoms with Gasteiger partial charge in [-0.1, -0.05) is 6.92 Å². The van der Waals surface area contributed by atoms with Gasteiger partial charge in [-0.05, 0) is 43.7 Å². The number of nitrogens with zero attached hydrogens (tertiary/aromatic N) is 1. The van der Waals surface area contributed by atoms with Gasteiger partial charge in [0.2, 0.25) is 0 Å². The third-order valence-corrected chi connectivity index (χ3v) is 4.75. The number of esters is 1. The number of hydrogen-bond acceptors (Lipinski definition) is 5. The number of carboxylic acid groups (broad SMARTS) is 1. The molecular formula is C16H19NO5. The van der Waals surface area contributed by atoms with E-state index in [1.54, 1.807) is 0 Å². The Kier molecular flexibility index (Phi) is 3.78. The number of benzene rings is 1. The third-order valence-electron chi connectivity index (χ3n) is 4.75. The molecule has 0 aliphatic carbocycles. The van der Waals surface area contributed by atoms with E-state index in [0.29, 0.717) is 5.56 Å². The Bertz CT molecular complexity index is 585. The Morgan fingerprint density at radius 2 is 1.86 bits per heavy atom. The molecule has 2 N–H and O–H groups in total. The molecular weight excluding hydrogens is 286 g/mol. The summed E-state index contributed by atoms with van der Waals surface area (Å²) in [6.07, 6.45) is 1.08. The lowest BCUT2D eigenvalue weighted by atomic mass is 9.86. The lowest BCUT2D eigenvalue weighted by Gasteiger charge is -2.26. The summed E-state index contributed by atoms with van der Waals surface area (Å²) in [5, 5.41) is 18.7. The number of phenolic OH excluding ortho intramolecular Hbond substituents is 1. The summed E-state index contributed by atoms with van der Waals surface area (Å²) in [6.45, 7) is 2.75. The minimum atomic E-state index is -0.908. The number of aromatic hydroxyl groups is 1. The summed E-state index contributed by atoms with van der Waals surface area (Å²) in [7, 11) is 0. The maximum atomic E-state index is 12.2. The van der Waals surface area contributed by atoms with Crippen LogP contribution in [-0.4, -0.2) is 51.8 Å². The van der Waals surface area contributed by atoms with Crippen LogP contribution in [0.15, 0.2) is 24.3 Å². The van der Waals surface area contributed by atoms with Crippen molar-refractivity contribution in [2.24, 2.45) is 5.92 Å². The van der Waals surface area contributed by atoms with Crippen LogP contribution in [0.25, 0.3) is 0 Å². The second-order valence-electron chi connectivity index (χ2n) is 5.82. The van der Waals surface area contributed by atoms with Gasteiger partial charge < -0.3 is 14.9 Å². The summed E-state index contributed by atoms with van der Waals surface area (Å²) >= 11 is 0. The minimum Gasteiger partial charge on any atom is -0.508 e. The van der Waals surface area contributed by atoms with E-state index >= 15 is 0 Å². The molecule has 6 nitrogen and oxygen atoms in total. The minimum absolute atomic E-state index is 0.0165. The maximum absolute atomic E-state index is 12.2. The second-order valence-corrected chi connectivity index (χ2v) is 5.82. The van der Waals surface area contributed by atoms with E-state index in [4.69, 9.17) is 4.74 Å². The smallest absolute Gasteiger partial charge is 0.338 e. The Morgan fingerprint density at radius 3 is 2.45 bits per heavy atom. The molecule has 1 aromatic carbocycles. The quantitative estimate of drug-likeness (QED) is 0.819. The van der Waals surface area contributed by atoms with Gasteiger partial charge in [0.15, 0.2) is 0 Å². The number of ether oxygens (including phenoxy) is 1. The topological polar surface area (TPSA) is 87.1 Å². The molecule has 4 atom stereocenters. The zero-order chi connectivity index (χ0) is 15.9. The molecule has 3 rings (SSSR count). The van der Waals surface area contributed by atoms with Gasteiger partial charge in [-0.15, -0.1) is 0 Å². The second kappa shape index (κ2) is 5.61. The van der Waals surface area contributed by atoms with E-state index < -0.39 is 24.0 Å². The van der Waals surface area contributed by atoms with Gasteiger partial charge in [-0.25, -0.2) is 4.79 Å². The third kappa shape index (κ3) is 2.33. The fourth-order valence-corrected chi connectivity index (χ4v) is 3.83. The van der Waals surface area contributed by atoms with Crippen LogP contribution in [0.5, 0.6) is 5.75 Å². The van der Waals surface area contributed by atoms with Crippen LogP contribution in [-0.2, 0) is 9.53 Å². The zero-order valence-electron chi connectivity index (χ0n) is 12.3. The van der Waals surface area contributed by atoms with Gasteiger partial charge >= 0.3 is 11.9 Å². The average molecular weight is 305 g/mol. The normalized spacial score (nSPS) is 30.4. The summed E-state index contributed by atoms with van der Waals surface area (Å²) in [4.78, 5) is 25.9. The van der Waals surface area contributed by atoms with Gasteiger partial charge in [0.05, 0.1) is 5.56 Å². The van der Waals surface area contributed by atoms with Crippen molar-refractivity contribution in [2.75, 3.05) is 6.54 Å². The lowest BCUT2D eigenvalue weighted by Crippen LogP contribution is -2.40. The molecule has 2 fully saturated rings. The van der Waals surface area contributed by atoms with Crippen LogP contribution in [0.2, 0.25) is 0 Å². The van der Waals surface area contributed by atoms with Crippen molar-refractivity contribution in [3.05, 3.63) is 29.8 Å². The molecule has 0 saturated carbocycles. The fourth-order valence-electron chi connectivity index (χ4n) is 3.83. The van der Waals surface area contributed by atoms with Crippen molar-refractivity contribution in [3.8, 4) is 5.75 Å². The molecule has 2 heterocycles. The van der Waals surface area contributed by atoms with E-state index in [-0.39, 0.29) is 17.8 Å². The Morgan fingerprint density at radius 1 is 1.23 bits per heavy atom. The molecule has 2 bridgehead atoms. The first-order valence-electron chi connectivity index (χ1n) is 7.51. The molecule has 0 amide bonds. The number of hydrogen-bond donors (Lipinski definition) is 2. The monoisotopic (exact) mass is 305 g/mol. The standard InChI is InChI=1S/C16H19NO5/c1-2-17-11-7-8-12(17)14(13(11)15(19)20)22-16(21)9-3-5-10(18)6-4-9/h3-6,11-14,18H,2,7-8H2,1H3,(H,19,20)/t11-,12-,13-,14+/m1/s1. The van der Waals surface area contributed by atoms with E-state index in [1.807, 2.05) is 6.92 Å². The predicted molar refractivity (Wildman–Crippen MR) is 77.6 cm³/mol. The number of likely N-dealkylation sites (N-methyl/N-ethyl adjacent to an activating group) is 1. The zero-order valence-corrected chi connectivity index (χ0v) is 12.3. The highest BCUT2D eigenvalue weighted by Crippen LogP contribution is 2.43. The van der Waals surface area contributed by atoms with Crippen molar-refractivity contribution in [1.29, 1.82) is 0 Å². The van der Waals surface area contributed by atoms with Crippen molar-refractivity contribution in [3.63, 3.8) is 0 Å². The molecule has 22 heavy (non-hydrogen) atoms. The SMILES string of the molecule is CCN1[C@@H]2CC[C@@H]1[C@@H](C(=O)O)[C@H]2OC(=O)c1ccc(O)cc1. The summed E-state index contributed by atoms with van der Waals surface area (Å²) < 4.78 is 5.53. The largest absolute Gasteiger partial charge is 0.508 e. The Balaban J connectivity index is 1.79. The van der Waals surface area contributed by atoms with Crippen molar-refractivity contribution in [2.45, 2.75) is 38.0 Å². The van der Waals surface area contributed by atoms with E-state index in [0.717, 1.165) is 19.4 Å². The highest BCUT2D eigenvalue weighted by molar-refractivity contribution is 5.90. The van der Waals surface area contributed by atoms with Crippen molar-refractivity contribution < 1.29 is 24.5 Å². The Hall–Kier alpha value is -2.08. The number of carbonyl (C=O) groups excluding carboxylic acids is 1. The molecule has 118 valence electrons. The highest BCUT2D eigenvalue weighted by Gasteiger charge is 2.57. The molecule has 0 radical (unpaired) electrons. The lowest BCUT2D eigenvalue weighted by molar-refractivity contribution is -0.146. The first-order valence-corrected chi connectivity index (χ1v) is 7.51. The number of phenols is 1. The fraction of sp³-hybridized carbons (Fsp3) is 0.500. The van der Waals surface area contributed by atoms with Crippen molar-refractivity contribution in [1.82, 2.24) is 4.90 Å². The van der Waals surface area contributed by atoms with E-state index in [9.17, 15) is 19.8 Å². The first-order chi connectivity index (χ1) is 10.5. The molecule has 0 unspecified atom stereocenters. The molecule has 2 aliphatic rings. The molecule has 0 spiro atoms. The summed E-state index contributed by atoms with van der Waals surface area (Å²) in [5.74, 6) is -2.05. The molecule has 2 saturated heterocycles. The maximum Gasteiger partial charge on any atom is 0.338 e. The van der Waals surface area contributed by atoms with Crippen LogP contribution < -0.4 is 0 Å². The Labute approximate surface area is 128 Å². The number of fused-ring (bicyclic) bond motifs is 2. The van der Waals surface area contributed by atoms with E-state index in [1.165, 1.54) is 24.3 Å². The van der Waals surface area contributed by atoms with Crippen LogP contribution >= 0.6 is 0 Å². The van der Waals surface area contributed by atoms with Crippen LogP contribution in [0.1, 0.15) is 30.1 Å². The van der Waals surface area contributed by atoms with Gasteiger partial charge in [0, 0.05) is 12.1 Å². The summed E-state index contributed by atoms with van der Waals surface area (Å²) in [6, 6.07) is 5.69. The van der Waals surface area contributed by atoms with Crippen LogP contribution in [0, 0.1) is 5.92 Å².